The molecular weight excluding hydrogens is 222 g/mol. The Kier molecular flexibility index (Phi) is 5.86. The van der Waals surface area contributed by atoms with Crippen LogP contribution in [-0.2, 0) is 13.1 Å². The average Bonchev–Trinajstić information content (AvgIpc) is 2.59. The van der Waals surface area contributed by atoms with E-state index in [4.69, 9.17) is 0 Å². The number of hydrogen-bond donors (Lipinski definition) is 1. The smallest absolute Gasteiger partial charge is 0.0537 e. The van der Waals surface area contributed by atoms with Crippen LogP contribution < -0.4 is 5.32 Å². The lowest BCUT2D eigenvalue weighted by molar-refractivity contribution is 0.459. The zero-order valence-electron chi connectivity index (χ0n) is 12.8. The van der Waals surface area contributed by atoms with E-state index in [1.54, 1.807) is 0 Å². The van der Waals surface area contributed by atoms with Crippen LogP contribution in [0.2, 0.25) is 0 Å². The summed E-state index contributed by atoms with van der Waals surface area (Å²) in [4.78, 5) is 0. The maximum atomic E-state index is 4.55. The van der Waals surface area contributed by atoms with Gasteiger partial charge in [-0.05, 0) is 24.3 Å². The Morgan fingerprint density at radius 3 is 2.28 bits per heavy atom. The highest BCUT2D eigenvalue weighted by atomic mass is 15.3. The fraction of sp³-hybridized carbons (Fsp3) is 0.800. The molecule has 104 valence electrons. The zero-order chi connectivity index (χ0) is 13.7. The topological polar surface area (TPSA) is 29.9 Å². The van der Waals surface area contributed by atoms with Crippen LogP contribution in [-0.4, -0.2) is 16.3 Å². The number of rotatable bonds is 7. The highest BCUT2D eigenvalue weighted by Gasteiger charge is 2.14. The van der Waals surface area contributed by atoms with E-state index in [9.17, 15) is 0 Å². The Bertz CT molecular complexity index is 351. The molecule has 0 radical (unpaired) electrons. The van der Waals surface area contributed by atoms with Gasteiger partial charge in [0.1, 0.15) is 0 Å². The second-order valence-corrected chi connectivity index (χ2v) is 6.31. The standard InChI is InChI=1S/C15H29N3/c1-11(2)7-16-8-14-9-17-18(10-12(3)4)15(14)13(5)6/h9,11-13,16H,7-8,10H2,1-6H3. The van der Waals surface area contributed by atoms with Gasteiger partial charge in [0.05, 0.1) is 6.20 Å². The monoisotopic (exact) mass is 251 g/mol. The van der Waals surface area contributed by atoms with Crippen molar-refractivity contribution in [3.63, 3.8) is 0 Å². The Balaban J connectivity index is 2.75. The molecule has 0 aliphatic heterocycles. The van der Waals surface area contributed by atoms with Gasteiger partial charge in [-0.25, -0.2) is 0 Å². The molecule has 0 spiro atoms. The van der Waals surface area contributed by atoms with Gasteiger partial charge in [0.2, 0.25) is 0 Å². The summed E-state index contributed by atoms with van der Waals surface area (Å²) >= 11 is 0. The first-order valence-corrected chi connectivity index (χ1v) is 7.17. The van der Waals surface area contributed by atoms with E-state index in [1.807, 2.05) is 6.20 Å². The minimum Gasteiger partial charge on any atom is -0.312 e. The molecular formula is C15H29N3. The van der Waals surface area contributed by atoms with E-state index in [0.717, 1.165) is 19.6 Å². The normalized spacial score (nSPS) is 12.1. The largest absolute Gasteiger partial charge is 0.312 e. The molecule has 1 aromatic rings. The van der Waals surface area contributed by atoms with E-state index in [0.29, 0.717) is 17.8 Å². The summed E-state index contributed by atoms with van der Waals surface area (Å²) < 4.78 is 2.18. The average molecular weight is 251 g/mol. The fourth-order valence-electron chi connectivity index (χ4n) is 2.23. The van der Waals surface area contributed by atoms with Crippen LogP contribution in [0.1, 0.15) is 58.7 Å². The molecule has 0 unspecified atom stereocenters. The van der Waals surface area contributed by atoms with E-state index in [1.165, 1.54) is 11.3 Å². The first-order chi connectivity index (χ1) is 8.41. The van der Waals surface area contributed by atoms with Crippen molar-refractivity contribution in [3.05, 3.63) is 17.5 Å². The van der Waals surface area contributed by atoms with Gasteiger partial charge in [-0.3, -0.25) is 4.68 Å². The van der Waals surface area contributed by atoms with Crippen LogP contribution in [0.15, 0.2) is 6.20 Å². The summed E-state index contributed by atoms with van der Waals surface area (Å²) in [6, 6.07) is 0. The second-order valence-electron chi connectivity index (χ2n) is 6.31. The number of nitrogens with one attached hydrogen (secondary N) is 1. The molecule has 0 atom stereocenters. The van der Waals surface area contributed by atoms with Gasteiger partial charge >= 0.3 is 0 Å². The molecule has 0 aliphatic carbocycles. The third kappa shape index (κ3) is 4.45. The van der Waals surface area contributed by atoms with Crippen LogP contribution in [0.4, 0.5) is 0 Å². The van der Waals surface area contributed by atoms with Gasteiger partial charge in [-0.1, -0.05) is 41.5 Å². The number of hydrogen-bond acceptors (Lipinski definition) is 2. The van der Waals surface area contributed by atoms with Crippen molar-refractivity contribution in [2.75, 3.05) is 6.54 Å². The quantitative estimate of drug-likeness (QED) is 0.805. The molecule has 0 aliphatic rings. The molecule has 1 heterocycles. The summed E-state index contributed by atoms with van der Waals surface area (Å²) in [5, 5.41) is 8.06. The van der Waals surface area contributed by atoms with Crippen molar-refractivity contribution in [2.24, 2.45) is 11.8 Å². The summed E-state index contributed by atoms with van der Waals surface area (Å²) in [6.07, 6.45) is 2.03. The molecule has 0 saturated carbocycles. The van der Waals surface area contributed by atoms with Crippen molar-refractivity contribution >= 4 is 0 Å². The second kappa shape index (κ2) is 6.93. The molecule has 1 aromatic heterocycles. The van der Waals surface area contributed by atoms with Crippen LogP contribution >= 0.6 is 0 Å². The Labute approximate surface area is 112 Å². The molecule has 3 heteroatoms. The minimum absolute atomic E-state index is 0.530. The number of nitrogens with zero attached hydrogens (tertiary/aromatic N) is 2. The number of aromatic nitrogens is 2. The molecule has 0 fully saturated rings. The highest BCUT2D eigenvalue weighted by molar-refractivity contribution is 5.21. The summed E-state index contributed by atoms with van der Waals surface area (Å²) in [7, 11) is 0. The zero-order valence-corrected chi connectivity index (χ0v) is 12.8. The molecule has 0 saturated heterocycles. The maximum absolute atomic E-state index is 4.55. The van der Waals surface area contributed by atoms with Crippen LogP contribution in [0, 0.1) is 11.8 Å². The predicted octanol–water partition coefficient (Wildman–Crippen LogP) is 3.41. The first kappa shape index (κ1) is 15.2. The summed E-state index contributed by atoms with van der Waals surface area (Å²) in [5.74, 6) is 1.86. The molecule has 3 nitrogen and oxygen atoms in total. The lowest BCUT2D eigenvalue weighted by atomic mass is 10.1. The van der Waals surface area contributed by atoms with E-state index >= 15 is 0 Å². The van der Waals surface area contributed by atoms with Gasteiger partial charge in [0, 0.05) is 24.3 Å². The Morgan fingerprint density at radius 2 is 1.78 bits per heavy atom. The minimum atomic E-state index is 0.530. The molecule has 0 bridgehead atoms. The van der Waals surface area contributed by atoms with E-state index in [2.05, 4.69) is 56.6 Å². The molecule has 1 N–H and O–H groups in total. The van der Waals surface area contributed by atoms with Gasteiger partial charge < -0.3 is 5.32 Å². The van der Waals surface area contributed by atoms with Crippen molar-refractivity contribution in [3.8, 4) is 0 Å². The third-order valence-electron chi connectivity index (χ3n) is 2.91. The first-order valence-electron chi connectivity index (χ1n) is 7.17. The van der Waals surface area contributed by atoms with Crippen LogP contribution in [0.3, 0.4) is 0 Å². The van der Waals surface area contributed by atoms with E-state index < -0.39 is 0 Å². The Hall–Kier alpha value is -0.830. The Morgan fingerprint density at radius 1 is 1.11 bits per heavy atom. The van der Waals surface area contributed by atoms with E-state index in [-0.39, 0.29) is 0 Å². The lowest BCUT2D eigenvalue weighted by Crippen LogP contribution is -2.20. The van der Waals surface area contributed by atoms with Crippen molar-refractivity contribution in [2.45, 2.75) is 60.5 Å². The molecule has 0 aromatic carbocycles. The van der Waals surface area contributed by atoms with Gasteiger partial charge in [-0.15, -0.1) is 0 Å². The SMILES string of the molecule is CC(C)CNCc1cnn(CC(C)C)c1C(C)C. The van der Waals surface area contributed by atoms with Crippen LogP contribution in [0.25, 0.3) is 0 Å². The van der Waals surface area contributed by atoms with Crippen LogP contribution in [0.5, 0.6) is 0 Å². The van der Waals surface area contributed by atoms with Gasteiger partial charge in [0.25, 0.3) is 0 Å². The summed E-state index contributed by atoms with van der Waals surface area (Å²) in [5.41, 5.74) is 2.74. The van der Waals surface area contributed by atoms with Crippen molar-refractivity contribution < 1.29 is 0 Å². The fourth-order valence-corrected chi connectivity index (χ4v) is 2.23. The molecule has 0 amide bonds. The predicted molar refractivity (Wildman–Crippen MR) is 77.7 cm³/mol. The third-order valence-corrected chi connectivity index (χ3v) is 2.91. The molecule has 1 rings (SSSR count). The molecule has 18 heavy (non-hydrogen) atoms. The summed E-state index contributed by atoms with van der Waals surface area (Å²) in [6.45, 7) is 16.5. The van der Waals surface area contributed by atoms with Crippen molar-refractivity contribution in [1.29, 1.82) is 0 Å². The maximum Gasteiger partial charge on any atom is 0.0537 e. The van der Waals surface area contributed by atoms with Crippen molar-refractivity contribution in [1.82, 2.24) is 15.1 Å². The lowest BCUT2D eigenvalue weighted by Gasteiger charge is -2.15. The van der Waals surface area contributed by atoms with Gasteiger partial charge in [0.15, 0.2) is 0 Å². The highest BCUT2D eigenvalue weighted by Crippen LogP contribution is 2.20. The van der Waals surface area contributed by atoms with Gasteiger partial charge in [-0.2, -0.15) is 5.10 Å².